The number of unbranched alkanes of at least 4 members (excludes halogenated alkanes) is 1. The lowest BCUT2D eigenvalue weighted by Gasteiger charge is -1.96. The quantitative estimate of drug-likeness (QED) is 0.426. The molecule has 0 saturated heterocycles. The lowest BCUT2D eigenvalue weighted by atomic mass is 10.1. The summed E-state index contributed by atoms with van der Waals surface area (Å²) >= 11 is 0. The molecule has 0 amide bonds. The first-order valence-corrected chi connectivity index (χ1v) is 9.14. The van der Waals surface area contributed by atoms with Gasteiger partial charge in [-0.1, -0.05) is 124 Å². The predicted molar refractivity (Wildman–Crippen MR) is 112 cm³/mol. The van der Waals surface area contributed by atoms with Gasteiger partial charge in [-0.15, -0.1) is 0 Å². The van der Waals surface area contributed by atoms with Crippen LogP contribution in [-0.4, -0.2) is 0 Å². The van der Waals surface area contributed by atoms with Crippen LogP contribution in [0.15, 0.2) is 72.8 Å². The van der Waals surface area contributed by atoms with Gasteiger partial charge in [0.2, 0.25) is 0 Å². The molecule has 0 atom stereocenters. The van der Waals surface area contributed by atoms with Crippen LogP contribution in [-0.2, 0) is 0 Å². The Labute approximate surface area is 149 Å². The van der Waals surface area contributed by atoms with Crippen molar-refractivity contribution >= 4 is 10.8 Å². The minimum absolute atomic E-state index is 1.32. The van der Waals surface area contributed by atoms with Crippen LogP contribution in [0.4, 0.5) is 0 Å². The monoisotopic (exact) mass is 322 g/mol. The van der Waals surface area contributed by atoms with Crippen molar-refractivity contribution in [3.05, 3.63) is 83.9 Å². The summed E-state index contributed by atoms with van der Waals surface area (Å²) in [6.45, 7) is 12.6. The molecule has 24 heavy (non-hydrogen) atoms. The summed E-state index contributed by atoms with van der Waals surface area (Å²) in [5.74, 6) is 0. The van der Waals surface area contributed by atoms with Crippen LogP contribution in [0.5, 0.6) is 0 Å². The van der Waals surface area contributed by atoms with Crippen LogP contribution in [0.3, 0.4) is 0 Å². The first kappa shape index (κ1) is 21.9. The van der Waals surface area contributed by atoms with E-state index < -0.39 is 0 Å². The molecule has 0 bridgehead atoms. The molecule has 0 radical (unpaired) electrons. The SMILES string of the molecule is CC.CCCC.Cc1ccc2ccccc2c1.Cc1ccccc1. The molecular formula is C24H34. The van der Waals surface area contributed by atoms with E-state index in [2.05, 4.69) is 82.3 Å². The zero-order chi connectivity index (χ0) is 18.2. The highest BCUT2D eigenvalue weighted by molar-refractivity contribution is 5.82. The number of hydrogen-bond acceptors (Lipinski definition) is 0. The van der Waals surface area contributed by atoms with Crippen LogP contribution in [0, 0.1) is 13.8 Å². The smallest absolute Gasteiger partial charge is 0.0181 e. The molecule has 3 rings (SSSR count). The van der Waals surface area contributed by atoms with Gasteiger partial charge in [-0.2, -0.15) is 0 Å². The van der Waals surface area contributed by atoms with E-state index in [1.807, 2.05) is 32.0 Å². The third-order valence-electron chi connectivity index (χ3n) is 3.35. The normalized spacial score (nSPS) is 8.75. The second-order valence-electron chi connectivity index (χ2n) is 5.51. The molecule has 0 N–H and O–H groups in total. The first-order valence-electron chi connectivity index (χ1n) is 9.14. The van der Waals surface area contributed by atoms with E-state index in [-0.39, 0.29) is 0 Å². The molecule has 0 heteroatoms. The number of benzene rings is 3. The van der Waals surface area contributed by atoms with Crippen LogP contribution in [0.2, 0.25) is 0 Å². The Morgan fingerprint density at radius 1 is 0.542 bits per heavy atom. The van der Waals surface area contributed by atoms with Gasteiger partial charge >= 0.3 is 0 Å². The third-order valence-corrected chi connectivity index (χ3v) is 3.35. The van der Waals surface area contributed by atoms with Crippen molar-refractivity contribution in [3.63, 3.8) is 0 Å². The van der Waals surface area contributed by atoms with Crippen molar-refractivity contribution in [1.82, 2.24) is 0 Å². The van der Waals surface area contributed by atoms with Gasteiger partial charge in [-0.3, -0.25) is 0 Å². The van der Waals surface area contributed by atoms with E-state index in [0.717, 1.165) is 0 Å². The molecule has 0 heterocycles. The summed E-state index contributed by atoms with van der Waals surface area (Å²) in [4.78, 5) is 0. The molecular weight excluding hydrogens is 288 g/mol. The van der Waals surface area contributed by atoms with E-state index in [1.54, 1.807) is 0 Å². The van der Waals surface area contributed by atoms with Gasteiger partial charge < -0.3 is 0 Å². The second-order valence-corrected chi connectivity index (χ2v) is 5.51. The highest BCUT2D eigenvalue weighted by Crippen LogP contribution is 2.14. The average molecular weight is 323 g/mol. The van der Waals surface area contributed by atoms with E-state index in [1.165, 1.54) is 34.7 Å². The molecule has 0 aliphatic carbocycles. The van der Waals surface area contributed by atoms with Crippen molar-refractivity contribution in [2.45, 2.75) is 54.4 Å². The minimum Gasteiger partial charge on any atom is -0.0683 e. The summed E-state index contributed by atoms with van der Waals surface area (Å²) in [5.41, 5.74) is 2.64. The lowest BCUT2D eigenvalue weighted by Crippen LogP contribution is -1.73. The predicted octanol–water partition coefficient (Wildman–Crippen LogP) is 7.98. The Bertz CT molecular complexity index is 636. The Morgan fingerprint density at radius 3 is 1.50 bits per heavy atom. The molecule has 0 aliphatic rings. The third kappa shape index (κ3) is 9.84. The van der Waals surface area contributed by atoms with Crippen molar-refractivity contribution in [3.8, 4) is 0 Å². The summed E-state index contributed by atoms with van der Waals surface area (Å²) in [6.07, 6.45) is 2.64. The zero-order valence-electron chi connectivity index (χ0n) is 16.3. The summed E-state index contributed by atoms with van der Waals surface area (Å²) in [7, 11) is 0. The molecule has 0 spiro atoms. The highest BCUT2D eigenvalue weighted by Gasteiger charge is 1.89. The van der Waals surface area contributed by atoms with Crippen LogP contribution < -0.4 is 0 Å². The van der Waals surface area contributed by atoms with Gasteiger partial charge in [-0.05, 0) is 24.6 Å². The Kier molecular flexibility index (Phi) is 13.3. The van der Waals surface area contributed by atoms with E-state index in [9.17, 15) is 0 Å². The fraction of sp³-hybridized carbons (Fsp3) is 0.333. The number of hydrogen-bond donors (Lipinski definition) is 0. The molecule has 130 valence electrons. The first-order chi connectivity index (χ1) is 11.7. The maximum atomic E-state index is 2.20. The Balaban J connectivity index is 0.000000352. The van der Waals surface area contributed by atoms with E-state index in [4.69, 9.17) is 0 Å². The van der Waals surface area contributed by atoms with Gasteiger partial charge in [0.25, 0.3) is 0 Å². The summed E-state index contributed by atoms with van der Waals surface area (Å²) in [6, 6.07) is 25.2. The van der Waals surface area contributed by atoms with Crippen molar-refractivity contribution in [2.75, 3.05) is 0 Å². The molecule has 0 aromatic heterocycles. The standard InChI is InChI=1S/C11H10.C7H8.C4H10.C2H6/c1-9-6-7-10-4-2-3-5-11(10)8-9;1-7-5-3-2-4-6-7;1-3-4-2;1-2/h2-8H,1H3;2-6H,1H3;3-4H2,1-2H3;1-2H3. The minimum atomic E-state index is 1.32. The topological polar surface area (TPSA) is 0 Å². The maximum absolute atomic E-state index is 2.20. The van der Waals surface area contributed by atoms with Gasteiger partial charge in [0.15, 0.2) is 0 Å². The van der Waals surface area contributed by atoms with E-state index >= 15 is 0 Å². The van der Waals surface area contributed by atoms with Crippen LogP contribution in [0.25, 0.3) is 10.8 Å². The van der Waals surface area contributed by atoms with Gasteiger partial charge in [-0.25, -0.2) is 0 Å². The Morgan fingerprint density at radius 2 is 1.04 bits per heavy atom. The number of fused-ring (bicyclic) bond motifs is 1. The van der Waals surface area contributed by atoms with E-state index in [0.29, 0.717) is 0 Å². The zero-order valence-corrected chi connectivity index (χ0v) is 16.3. The van der Waals surface area contributed by atoms with Gasteiger partial charge in [0, 0.05) is 0 Å². The van der Waals surface area contributed by atoms with Gasteiger partial charge in [0.1, 0.15) is 0 Å². The second kappa shape index (κ2) is 14.5. The molecule has 0 nitrogen and oxygen atoms in total. The van der Waals surface area contributed by atoms with Crippen molar-refractivity contribution in [1.29, 1.82) is 0 Å². The fourth-order valence-electron chi connectivity index (χ4n) is 1.84. The molecule has 3 aromatic rings. The number of aryl methyl sites for hydroxylation is 2. The summed E-state index contributed by atoms with van der Waals surface area (Å²) in [5, 5.41) is 2.64. The molecule has 0 fully saturated rings. The van der Waals surface area contributed by atoms with Crippen molar-refractivity contribution in [2.24, 2.45) is 0 Å². The Hall–Kier alpha value is -2.08. The maximum Gasteiger partial charge on any atom is -0.0181 e. The van der Waals surface area contributed by atoms with Crippen LogP contribution in [0.1, 0.15) is 51.7 Å². The molecule has 0 saturated carbocycles. The van der Waals surface area contributed by atoms with Gasteiger partial charge in [0.05, 0.1) is 0 Å². The highest BCUT2D eigenvalue weighted by atomic mass is 13.9. The molecule has 0 aliphatic heterocycles. The molecule has 3 aromatic carbocycles. The van der Waals surface area contributed by atoms with Crippen molar-refractivity contribution < 1.29 is 0 Å². The molecule has 0 unspecified atom stereocenters. The fourth-order valence-corrected chi connectivity index (χ4v) is 1.84. The largest absolute Gasteiger partial charge is 0.0683 e. The van der Waals surface area contributed by atoms with Crippen LogP contribution >= 0.6 is 0 Å². The summed E-state index contributed by atoms with van der Waals surface area (Å²) < 4.78 is 0. The number of rotatable bonds is 1. The lowest BCUT2D eigenvalue weighted by molar-refractivity contribution is 0.886. The average Bonchev–Trinajstić information content (AvgIpc) is 2.64.